The Balaban J connectivity index is 1.40. The third kappa shape index (κ3) is 4.98. The number of nitrogens with zero attached hydrogens (tertiary/aromatic N) is 3. The molecule has 0 aliphatic heterocycles. The Morgan fingerprint density at radius 1 is 0.327 bits per heavy atom. The lowest BCUT2D eigenvalue weighted by molar-refractivity contribution is 0.669. The molecule has 230 valence electrons. The van der Waals surface area contributed by atoms with Crippen LogP contribution in [0.2, 0.25) is 0 Å². The van der Waals surface area contributed by atoms with E-state index in [-0.39, 0.29) is 0 Å². The summed E-state index contributed by atoms with van der Waals surface area (Å²) in [5.74, 6) is 0. The molecule has 0 saturated carbocycles. The molecule has 2 heterocycles. The van der Waals surface area contributed by atoms with E-state index in [1.807, 2.05) is 30.3 Å². The lowest BCUT2D eigenvalue weighted by Gasteiger charge is -2.20. The maximum Gasteiger partial charge on any atom is 0.136 e. The lowest BCUT2D eigenvalue weighted by Crippen LogP contribution is -2.02. The summed E-state index contributed by atoms with van der Waals surface area (Å²) in [7, 11) is 0. The third-order valence-corrected chi connectivity index (χ3v) is 9.17. The van der Waals surface area contributed by atoms with Gasteiger partial charge in [-0.15, -0.1) is 10.2 Å². The van der Waals surface area contributed by atoms with E-state index >= 15 is 0 Å². The van der Waals surface area contributed by atoms with Gasteiger partial charge in [0.1, 0.15) is 22.6 Å². The van der Waals surface area contributed by atoms with Crippen LogP contribution in [0.15, 0.2) is 180 Å². The second-order valence-electron chi connectivity index (χ2n) is 12.0. The first-order chi connectivity index (χ1) is 24.3. The van der Waals surface area contributed by atoms with Crippen molar-refractivity contribution in [3.63, 3.8) is 0 Å². The second kappa shape index (κ2) is 12.2. The van der Waals surface area contributed by atoms with Crippen molar-refractivity contribution < 1.29 is 4.42 Å². The van der Waals surface area contributed by atoms with Crippen LogP contribution in [0, 0.1) is 0 Å². The number of benzene rings is 7. The normalized spacial score (nSPS) is 11.3. The van der Waals surface area contributed by atoms with Crippen molar-refractivity contribution in [3.05, 3.63) is 176 Å². The molecule has 9 aromatic rings. The van der Waals surface area contributed by atoms with Crippen LogP contribution in [0.1, 0.15) is 0 Å². The summed E-state index contributed by atoms with van der Waals surface area (Å²) in [5.41, 5.74) is 13.7. The van der Waals surface area contributed by atoms with Crippen LogP contribution in [0.3, 0.4) is 0 Å². The van der Waals surface area contributed by atoms with Gasteiger partial charge in [-0.05, 0) is 56.3 Å². The molecule has 0 atom stereocenters. The van der Waals surface area contributed by atoms with Crippen molar-refractivity contribution in [2.24, 2.45) is 0 Å². The minimum absolute atomic E-state index is 0.761. The molecular formula is C45H29N3O. The Hall–Kier alpha value is -6.65. The number of hydrogen-bond donors (Lipinski definition) is 0. The average Bonchev–Trinajstić information content (AvgIpc) is 3.57. The molecule has 49 heavy (non-hydrogen) atoms. The predicted molar refractivity (Wildman–Crippen MR) is 200 cm³/mol. The third-order valence-electron chi connectivity index (χ3n) is 9.17. The quantitative estimate of drug-likeness (QED) is 0.184. The van der Waals surface area contributed by atoms with Crippen molar-refractivity contribution in [1.82, 2.24) is 15.4 Å². The highest BCUT2D eigenvalue weighted by molar-refractivity contribution is 6.16. The highest BCUT2D eigenvalue weighted by atomic mass is 16.3. The molecule has 0 unspecified atom stereocenters. The summed E-state index contributed by atoms with van der Waals surface area (Å²) in [4.78, 5) is 0. The van der Waals surface area contributed by atoms with Crippen molar-refractivity contribution in [3.8, 4) is 67.0 Å². The van der Waals surface area contributed by atoms with Crippen LogP contribution < -0.4 is 0 Å². The van der Waals surface area contributed by atoms with Crippen LogP contribution >= 0.6 is 0 Å². The Bertz CT molecular complexity index is 2590. The topological polar surface area (TPSA) is 51.8 Å². The summed E-state index contributed by atoms with van der Waals surface area (Å²) in [6, 6.07) is 60.8. The van der Waals surface area contributed by atoms with Gasteiger partial charge in [0.25, 0.3) is 0 Å². The highest BCUT2D eigenvalue weighted by Crippen LogP contribution is 2.48. The van der Waals surface area contributed by atoms with Crippen LogP contribution in [0.5, 0.6) is 0 Å². The monoisotopic (exact) mass is 627 g/mol. The van der Waals surface area contributed by atoms with Crippen molar-refractivity contribution in [1.29, 1.82) is 0 Å². The molecule has 0 spiro atoms. The second-order valence-corrected chi connectivity index (χ2v) is 12.0. The maximum absolute atomic E-state index is 6.39. The van der Waals surface area contributed by atoms with Gasteiger partial charge in [0.15, 0.2) is 0 Å². The van der Waals surface area contributed by atoms with Gasteiger partial charge in [-0.1, -0.05) is 164 Å². The molecule has 0 saturated heterocycles. The molecule has 0 bridgehead atoms. The molecule has 0 aliphatic rings. The van der Waals surface area contributed by atoms with Gasteiger partial charge >= 0.3 is 0 Å². The lowest BCUT2D eigenvalue weighted by atomic mass is 9.84. The van der Waals surface area contributed by atoms with Gasteiger partial charge in [0.2, 0.25) is 0 Å². The van der Waals surface area contributed by atoms with Crippen LogP contribution in [-0.2, 0) is 0 Å². The van der Waals surface area contributed by atoms with E-state index in [1.165, 1.54) is 0 Å². The molecular weight excluding hydrogens is 599 g/mol. The Morgan fingerprint density at radius 2 is 0.816 bits per heavy atom. The minimum Gasteiger partial charge on any atom is -0.456 e. The number of rotatable bonds is 6. The van der Waals surface area contributed by atoms with Gasteiger partial charge in [-0.2, -0.15) is 0 Å². The van der Waals surface area contributed by atoms with Crippen molar-refractivity contribution in [2.45, 2.75) is 0 Å². The summed E-state index contributed by atoms with van der Waals surface area (Å²) in [5, 5.41) is 16.3. The van der Waals surface area contributed by atoms with E-state index in [0.717, 1.165) is 89.0 Å². The van der Waals surface area contributed by atoms with E-state index in [2.05, 4.69) is 151 Å². The Morgan fingerprint density at radius 3 is 1.55 bits per heavy atom. The first kappa shape index (κ1) is 28.6. The fourth-order valence-corrected chi connectivity index (χ4v) is 7.02. The maximum atomic E-state index is 6.39. The van der Waals surface area contributed by atoms with Gasteiger partial charge in [-0.25, -0.2) is 0 Å². The number of fused-ring (bicyclic) bond motifs is 3. The number of para-hydroxylation sites is 1. The molecule has 0 N–H and O–H groups in total. The first-order valence-electron chi connectivity index (χ1n) is 16.4. The van der Waals surface area contributed by atoms with E-state index < -0.39 is 0 Å². The molecule has 0 radical (unpaired) electrons. The fraction of sp³-hybridized carbons (Fsp3) is 0. The van der Waals surface area contributed by atoms with Crippen LogP contribution in [-0.4, -0.2) is 15.4 Å². The SMILES string of the molecule is c1ccc(-c2ccccc2-c2nnnc(-c3cccc(-c4ccccc4)c3-c3cccc4oc5ccccc5c34)c2-c2ccccc2)cc1. The summed E-state index contributed by atoms with van der Waals surface area (Å²) in [6.07, 6.45) is 0. The summed E-state index contributed by atoms with van der Waals surface area (Å²) >= 11 is 0. The van der Waals surface area contributed by atoms with Gasteiger partial charge in [-0.3, -0.25) is 0 Å². The van der Waals surface area contributed by atoms with Crippen molar-refractivity contribution in [2.75, 3.05) is 0 Å². The van der Waals surface area contributed by atoms with E-state index in [0.29, 0.717) is 0 Å². The standard InChI is InChI=1S/C45H29N3O/c1-4-16-30(17-5-1)33-22-10-11-23-35(33)44-41(32-20-8-3-9-21-32)45(47-48-46-44)38-27-14-25-34(31-18-6-2-7-19-31)42(38)37-26-15-29-40-43(37)36-24-12-13-28-39(36)49-40/h1-29H. The van der Waals surface area contributed by atoms with Gasteiger partial charge in [0.05, 0.1) is 0 Å². The smallest absolute Gasteiger partial charge is 0.136 e. The zero-order valence-corrected chi connectivity index (χ0v) is 26.5. The fourth-order valence-electron chi connectivity index (χ4n) is 7.02. The number of aromatic nitrogens is 3. The van der Waals surface area contributed by atoms with Crippen LogP contribution in [0.4, 0.5) is 0 Å². The predicted octanol–water partition coefficient (Wildman–Crippen LogP) is 11.8. The molecule has 4 heteroatoms. The zero-order chi connectivity index (χ0) is 32.6. The molecule has 0 amide bonds. The summed E-state index contributed by atoms with van der Waals surface area (Å²) < 4.78 is 6.39. The molecule has 4 nitrogen and oxygen atoms in total. The van der Waals surface area contributed by atoms with Crippen molar-refractivity contribution >= 4 is 21.9 Å². The Kier molecular flexibility index (Phi) is 7.10. The molecule has 0 aliphatic carbocycles. The number of hydrogen-bond acceptors (Lipinski definition) is 4. The van der Waals surface area contributed by atoms with E-state index in [9.17, 15) is 0 Å². The van der Waals surface area contributed by atoms with Crippen LogP contribution in [0.25, 0.3) is 89.0 Å². The van der Waals surface area contributed by atoms with Gasteiger partial charge < -0.3 is 4.42 Å². The van der Waals surface area contributed by atoms with E-state index in [4.69, 9.17) is 14.6 Å². The molecule has 9 rings (SSSR count). The molecule has 2 aromatic heterocycles. The number of furan rings is 1. The molecule has 0 fully saturated rings. The van der Waals surface area contributed by atoms with Gasteiger partial charge in [0, 0.05) is 27.5 Å². The van der Waals surface area contributed by atoms with E-state index in [1.54, 1.807) is 0 Å². The minimum atomic E-state index is 0.761. The summed E-state index contributed by atoms with van der Waals surface area (Å²) in [6.45, 7) is 0. The average molecular weight is 628 g/mol. The zero-order valence-electron chi connectivity index (χ0n) is 26.5. The highest BCUT2D eigenvalue weighted by Gasteiger charge is 2.25. The first-order valence-corrected chi connectivity index (χ1v) is 16.4. The largest absolute Gasteiger partial charge is 0.456 e. The molecule has 7 aromatic carbocycles. The Labute approximate surface area is 284 Å².